The Balaban J connectivity index is 1.67. The minimum atomic E-state index is -0.860. The molecule has 1 aliphatic heterocycles. The van der Waals surface area contributed by atoms with Crippen LogP contribution in [0.3, 0.4) is 0 Å². The third kappa shape index (κ3) is 4.70. The number of carbonyl (C=O) groups is 2. The topological polar surface area (TPSA) is 78.9 Å². The third-order valence-electron chi connectivity index (χ3n) is 3.67. The van der Waals surface area contributed by atoms with Crippen LogP contribution in [0.2, 0.25) is 0 Å². The molecule has 0 spiro atoms. The van der Waals surface area contributed by atoms with Gasteiger partial charge in [-0.05, 0) is 31.6 Å². The van der Waals surface area contributed by atoms with Gasteiger partial charge in [0.1, 0.15) is 0 Å². The SMILES string of the molecule is O=C(O)CCN(C(=O)NCCC1CCOC1)C1CC1. The maximum atomic E-state index is 12.0. The summed E-state index contributed by atoms with van der Waals surface area (Å²) in [7, 11) is 0. The second kappa shape index (κ2) is 6.75. The highest BCUT2D eigenvalue weighted by atomic mass is 16.5. The normalized spacial score (nSPS) is 22.2. The molecule has 0 bridgehead atoms. The first kappa shape index (κ1) is 14.1. The van der Waals surface area contributed by atoms with E-state index in [1.807, 2.05) is 0 Å². The minimum absolute atomic E-state index is 0.0143. The number of rotatable bonds is 7. The number of carboxylic acids is 1. The number of amides is 2. The number of ether oxygens (including phenoxy) is 1. The van der Waals surface area contributed by atoms with Crippen LogP contribution in [0, 0.1) is 5.92 Å². The zero-order valence-electron chi connectivity index (χ0n) is 11.1. The average Bonchev–Trinajstić information content (AvgIpc) is 3.06. The Hall–Kier alpha value is -1.30. The first-order valence-electron chi connectivity index (χ1n) is 7.01. The molecular weight excluding hydrogens is 248 g/mol. The van der Waals surface area contributed by atoms with Crippen molar-refractivity contribution in [1.82, 2.24) is 10.2 Å². The lowest BCUT2D eigenvalue weighted by atomic mass is 10.1. The Bertz CT molecular complexity index is 325. The summed E-state index contributed by atoms with van der Waals surface area (Å²) in [6, 6.07) is 0.122. The van der Waals surface area contributed by atoms with Crippen molar-refractivity contribution in [2.75, 3.05) is 26.3 Å². The summed E-state index contributed by atoms with van der Waals surface area (Å²) in [5.41, 5.74) is 0. The molecule has 0 radical (unpaired) electrons. The molecule has 2 aliphatic rings. The van der Waals surface area contributed by atoms with Gasteiger partial charge in [0.2, 0.25) is 0 Å². The number of nitrogens with zero attached hydrogens (tertiary/aromatic N) is 1. The van der Waals surface area contributed by atoms with Crippen LogP contribution in [0.25, 0.3) is 0 Å². The fourth-order valence-corrected chi connectivity index (χ4v) is 2.35. The Morgan fingerprint density at radius 3 is 2.68 bits per heavy atom. The lowest BCUT2D eigenvalue weighted by Gasteiger charge is -2.22. The molecule has 19 heavy (non-hydrogen) atoms. The molecule has 2 fully saturated rings. The van der Waals surface area contributed by atoms with Crippen molar-refractivity contribution < 1.29 is 19.4 Å². The Morgan fingerprint density at radius 2 is 2.11 bits per heavy atom. The quantitative estimate of drug-likeness (QED) is 0.725. The van der Waals surface area contributed by atoms with E-state index in [1.165, 1.54) is 0 Å². The highest BCUT2D eigenvalue weighted by Gasteiger charge is 2.32. The van der Waals surface area contributed by atoms with Crippen molar-refractivity contribution in [2.24, 2.45) is 5.92 Å². The number of carboxylic acid groups (broad SMARTS) is 1. The molecule has 1 saturated carbocycles. The van der Waals surface area contributed by atoms with Crippen molar-refractivity contribution in [3.8, 4) is 0 Å². The van der Waals surface area contributed by atoms with Gasteiger partial charge in [0, 0.05) is 32.3 Å². The molecule has 1 aliphatic carbocycles. The van der Waals surface area contributed by atoms with E-state index in [4.69, 9.17) is 9.84 Å². The minimum Gasteiger partial charge on any atom is -0.481 e. The Labute approximate surface area is 113 Å². The Morgan fingerprint density at radius 1 is 1.32 bits per heavy atom. The van der Waals surface area contributed by atoms with Crippen LogP contribution in [-0.2, 0) is 9.53 Å². The molecule has 1 atom stereocenters. The van der Waals surface area contributed by atoms with Gasteiger partial charge in [-0.1, -0.05) is 0 Å². The van der Waals surface area contributed by atoms with Crippen LogP contribution in [-0.4, -0.2) is 54.4 Å². The first-order chi connectivity index (χ1) is 9.16. The summed E-state index contributed by atoms with van der Waals surface area (Å²) >= 11 is 0. The summed E-state index contributed by atoms with van der Waals surface area (Å²) in [4.78, 5) is 24.3. The van der Waals surface area contributed by atoms with Gasteiger partial charge in [0.05, 0.1) is 6.42 Å². The molecule has 2 amide bonds. The van der Waals surface area contributed by atoms with Crippen LogP contribution < -0.4 is 5.32 Å². The van der Waals surface area contributed by atoms with Gasteiger partial charge in [0.15, 0.2) is 0 Å². The third-order valence-corrected chi connectivity index (χ3v) is 3.67. The molecule has 0 aromatic heterocycles. The van der Waals surface area contributed by atoms with Crippen molar-refractivity contribution in [3.05, 3.63) is 0 Å². The monoisotopic (exact) mass is 270 g/mol. The van der Waals surface area contributed by atoms with Crippen LogP contribution >= 0.6 is 0 Å². The predicted molar refractivity (Wildman–Crippen MR) is 68.9 cm³/mol. The molecule has 0 aromatic rings. The number of hydrogen-bond acceptors (Lipinski definition) is 3. The number of nitrogens with one attached hydrogen (secondary N) is 1. The van der Waals surface area contributed by atoms with Gasteiger partial charge in [-0.3, -0.25) is 4.79 Å². The molecule has 0 aromatic carbocycles. The summed E-state index contributed by atoms with van der Waals surface area (Å²) in [6.45, 7) is 2.56. The molecule has 2 rings (SSSR count). The van der Waals surface area contributed by atoms with E-state index < -0.39 is 5.97 Å². The molecule has 6 nitrogen and oxygen atoms in total. The van der Waals surface area contributed by atoms with Crippen molar-refractivity contribution in [1.29, 1.82) is 0 Å². The van der Waals surface area contributed by atoms with E-state index in [0.717, 1.165) is 38.9 Å². The van der Waals surface area contributed by atoms with E-state index in [1.54, 1.807) is 4.90 Å². The van der Waals surface area contributed by atoms with Crippen molar-refractivity contribution in [2.45, 2.75) is 38.1 Å². The second-order valence-corrected chi connectivity index (χ2v) is 5.32. The van der Waals surface area contributed by atoms with E-state index in [0.29, 0.717) is 19.0 Å². The zero-order valence-corrected chi connectivity index (χ0v) is 11.1. The van der Waals surface area contributed by atoms with Gasteiger partial charge in [-0.25, -0.2) is 4.79 Å². The lowest BCUT2D eigenvalue weighted by Crippen LogP contribution is -2.43. The average molecular weight is 270 g/mol. The molecule has 1 saturated heterocycles. The fraction of sp³-hybridized carbons (Fsp3) is 0.846. The molecular formula is C13H22N2O4. The smallest absolute Gasteiger partial charge is 0.317 e. The van der Waals surface area contributed by atoms with Gasteiger partial charge < -0.3 is 20.1 Å². The maximum Gasteiger partial charge on any atom is 0.317 e. The van der Waals surface area contributed by atoms with Crippen molar-refractivity contribution >= 4 is 12.0 Å². The summed E-state index contributed by atoms with van der Waals surface area (Å²) in [5.74, 6) is -0.310. The summed E-state index contributed by atoms with van der Waals surface area (Å²) in [5, 5.41) is 11.6. The molecule has 2 N–H and O–H groups in total. The van der Waals surface area contributed by atoms with Crippen molar-refractivity contribution in [3.63, 3.8) is 0 Å². The number of carbonyl (C=O) groups excluding carboxylic acids is 1. The molecule has 1 unspecified atom stereocenters. The number of urea groups is 1. The lowest BCUT2D eigenvalue weighted by molar-refractivity contribution is -0.137. The van der Waals surface area contributed by atoms with Gasteiger partial charge in [0.25, 0.3) is 0 Å². The van der Waals surface area contributed by atoms with E-state index in [-0.39, 0.29) is 18.5 Å². The summed E-state index contributed by atoms with van der Waals surface area (Å²) < 4.78 is 5.29. The largest absolute Gasteiger partial charge is 0.481 e. The molecule has 6 heteroatoms. The first-order valence-corrected chi connectivity index (χ1v) is 7.01. The highest BCUT2D eigenvalue weighted by Crippen LogP contribution is 2.27. The molecule has 108 valence electrons. The second-order valence-electron chi connectivity index (χ2n) is 5.32. The van der Waals surface area contributed by atoms with Crippen LogP contribution in [0.1, 0.15) is 32.1 Å². The van der Waals surface area contributed by atoms with E-state index >= 15 is 0 Å². The number of aliphatic carboxylic acids is 1. The van der Waals surface area contributed by atoms with Crippen LogP contribution in [0.15, 0.2) is 0 Å². The van der Waals surface area contributed by atoms with E-state index in [2.05, 4.69) is 5.32 Å². The summed E-state index contributed by atoms with van der Waals surface area (Å²) in [6.07, 6.45) is 4.00. The van der Waals surface area contributed by atoms with Gasteiger partial charge in [-0.2, -0.15) is 0 Å². The Kier molecular flexibility index (Phi) is 5.01. The highest BCUT2D eigenvalue weighted by molar-refractivity contribution is 5.76. The molecule has 1 heterocycles. The van der Waals surface area contributed by atoms with Gasteiger partial charge >= 0.3 is 12.0 Å². The predicted octanol–water partition coefficient (Wildman–Crippen LogP) is 1.06. The maximum absolute atomic E-state index is 12.0. The van der Waals surface area contributed by atoms with Crippen LogP contribution in [0.4, 0.5) is 4.79 Å². The van der Waals surface area contributed by atoms with Crippen LogP contribution in [0.5, 0.6) is 0 Å². The fourth-order valence-electron chi connectivity index (χ4n) is 2.35. The zero-order chi connectivity index (χ0) is 13.7. The number of hydrogen-bond donors (Lipinski definition) is 2. The standard InChI is InChI=1S/C13H22N2O4/c16-12(17)4-7-15(11-1-2-11)13(18)14-6-3-10-5-8-19-9-10/h10-11H,1-9H2,(H,14,18)(H,16,17). The van der Waals surface area contributed by atoms with Gasteiger partial charge in [-0.15, -0.1) is 0 Å². The van der Waals surface area contributed by atoms with E-state index in [9.17, 15) is 9.59 Å².